The molecule has 0 radical (unpaired) electrons. The Morgan fingerprint density at radius 1 is 1.05 bits per heavy atom. The molecule has 0 bridgehead atoms. The van der Waals surface area contributed by atoms with Crippen LogP contribution >= 0.6 is 27.5 Å². The monoisotopic (exact) mass is 371 g/mol. The van der Waals surface area contributed by atoms with Gasteiger partial charge in [-0.2, -0.15) is 0 Å². The number of halogens is 2. The highest BCUT2D eigenvalue weighted by molar-refractivity contribution is 9.10. The van der Waals surface area contributed by atoms with Crippen LogP contribution in [0.25, 0.3) is 21.9 Å². The third kappa shape index (κ3) is 2.34. The Bertz CT molecular complexity index is 976. The van der Waals surface area contributed by atoms with E-state index in [1.807, 2.05) is 42.5 Å². The van der Waals surface area contributed by atoms with Crippen molar-refractivity contribution in [1.82, 2.24) is 9.97 Å². The fourth-order valence-corrected chi connectivity index (χ4v) is 3.07. The fourth-order valence-electron chi connectivity index (χ4n) is 2.58. The quantitative estimate of drug-likeness (QED) is 0.461. The molecule has 2 aromatic heterocycles. The van der Waals surface area contributed by atoms with Gasteiger partial charge in [-0.3, -0.25) is 0 Å². The van der Waals surface area contributed by atoms with Crippen molar-refractivity contribution < 1.29 is 0 Å². The number of rotatable bonds is 2. The van der Waals surface area contributed by atoms with E-state index in [9.17, 15) is 0 Å². The second-order valence-electron chi connectivity index (χ2n) is 5.03. The molecule has 2 N–H and O–H groups in total. The number of hydrogen-bond acceptors (Lipinski definition) is 2. The molecule has 2 heterocycles. The van der Waals surface area contributed by atoms with Gasteiger partial charge in [0.2, 0.25) is 0 Å². The molecule has 4 rings (SSSR count). The number of fused-ring (bicyclic) bond motifs is 3. The number of nitrogens with zero attached hydrogens (tertiary/aromatic N) is 1. The van der Waals surface area contributed by atoms with Crippen LogP contribution in [0.4, 0.5) is 11.4 Å². The SMILES string of the molecule is Clc1ccc(Nc2ccnc3[nH]c4ccc(Br)cc4c23)cc1. The lowest BCUT2D eigenvalue weighted by Gasteiger charge is -2.08. The van der Waals surface area contributed by atoms with Crippen molar-refractivity contribution in [2.24, 2.45) is 0 Å². The van der Waals surface area contributed by atoms with Gasteiger partial charge in [-0.25, -0.2) is 4.98 Å². The van der Waals surface area contributed by atoms with Crippen LogP contribution in [-0.4, -0.2) is 9.97 Å². The van der Waals surface area contributed by atoms with Gasteiger partial charge in [0, 0.05) is 32.3 Å². The first-order valence-corrected chi connectivity index (χ1v) is 7.96. The summed E-state index contributed by atoms with van der Waals surface area (Å²) < 4.78 is 1.04. The Kier molecular flexibility index (Phi) is 3.28. The van der Waals surface area contributed by atoms with Crippen molar-refractivity contribution in [3.63, 3.8) is 0 Å². The topological polar surface area (TPSA) is 40.7 Å². The van der Waals surface area contributed by atoms with Gasteiger partial charge >= 0.3 is 0 Å². The van der Waals surface area contributed by atoms with Gasteiger partial charge in [-0.05, 0) is 48.5 Å². The Balaban J connectivity index is 1.91. The molecule has 0 unspecified atom stereocenters. The van der Waals surface area contributed by atoms with Crippen LogP contribution in [0.5, 0.6) is 0 Å². The van der Waals surface area contributed by atoms with Gasteiger partial charge in [0.25, 0.3) is 0 Å². The first kappa shape index (κ1) is 13.6. The van der Waals surface area contributed by atoms with Gasteiger partial charge in [-0.15, -0.1) is 0 Å². The summed E-state index contributed by atoms with van der Waals surface area (Å²) in [5, 5.41) is 6.37. The molecule has 5 heteroatoms. The number of anilines is 2. The van der Waals surface area contributed by atoms with E-state index in [1.165, 1.54) is 0 Å². The zero-order chi connectivity index (χ0) is 15.1. The van der Waals surface area contributed by atoms with Crippen molar-refractivity contribution in [2.45, 2.75) is 0 Å². The molecule has 0 spiro atoms. The molecule has 22 heavy (non-hydrogen) atoms. The fraction of sp³-hybridized carbons (Fsp3) is 0. The lowest BCUT2D eigenvalue weighted by Crippen LogP contribution is -1.91. The molecule has 0 atom stereocenters. The largest absolute Gasteiger partial charge is 0.355 e. The summed E-state index contributed by atoms with van der Waals surface area (Å²) in [6, 6.07) is 15.8. The van der Waals surface area contributed by atoms with E-state index < -0.39 is 0 Å². The average molecular weight is 373 g/mol. The molecular weight excluding hydrogens is 362 g/mol. The lowest BCUT2D eigenvalue weighted by atomic mass is 10.1. The molecule has 0 aliphatic carbocycles. The number of pyridine rings is 1. The van der Waals surface area contributed by atoms with Crippen LogP contribution in [0.1, 0.15) is 0 Å². The number of aromatic nitrogens is 2. The Labute approximate surface area is 140 Å². The Morgan fingerprint density at radius 2 is 1.86 bits per heavy atom. The minimum absolute atomic E-state index is 0.724. The van der Waals surface area contributed by atoms with Crippen molar-refractivity contribution in [2.75, 3.05) is 5.32 Å². The highest BCUT2D eigenvalue weighted by Crippen LogP contribution is 2.33. The van der Waals surface area contributed by atoms with Crippen LogP contribution in [0.15, 0.2) is 59.2 Å². The molecule has 4 aromatic rings. The number of H-pyrrole nitrogens is 1. The second kappa shape index (κ2) is 5.30. The van der Waals surface area contributed by atoms with Gasteiger partial charge in [0.05, 0.1) is 11.1 Å². The number of hydrogen-bond donors (Lipinski definition) is 2. The molecule has 0 aliphatic heterocycles. The summed E-state index contributed by atoms with van der Waals surface area (Å²) >= 11 is 9.47. The Morgan fingerprint density at radius 3 is 2.68 bits per heavy atom. The summed E-state index contributed by atoms with van der Waals surface area (Å²) in [4.78, 5) is 7.78. The summed E-state index contributed by atoms with van der Waals surface area (Å²) in [5.74, 6) is 0. The minimum atomic E-state index is 0.724. The summed E-state index contributed by atoms with van der Waals surface area (Å²) in [5.41, 5.74) is 3.93. The van der Waals surface area contributed by atoms with E-state index in [4.69, 9.17) is 11.6 Å². The first-order chi connectivity index (χ1) is 10.7. The summed E-state index contributed by atoms with van der Waals surface area (Å²) in [6.45, 7) is 0. The van der Waals surface area contributed by atoms with Crippen LogP contribution in [-0.2, 0) is 0 Å². The van der Waals surface area contributed by atoms with E-state index in [0.29, 0.717) is 0 Å². The zero-order valence-electron chi connectivity index (χ0n) is 11.4. The summed E-state index contributed by atoms with van der Waals surface area (Å²) in [7, 11) is 0. The third-order valence-electron chi connectivity index (χ3n) is 3.58. The van der Waals surface area contributed by atoms with Crippen molar-refractivity contribution in [1.29, 1.82) is 0 Å². The van der Waals surface area contributed by atoms with Crippen molar-refractivity contribution >= 4 is 60.8 Å². The maximum absolute atomic E-state index is 5.94. The average Bonchev–Trinajstić information content (AvgIpc) is 2.88. The lowest BCUT2D eigenvalue weighted by molar-refractivity contribution is 1.34. The van der Waals surface area contributed by atoms with E-state index in [2.05, 4.69) is 37.3 Å². The number of aromatic amines is 1. The smallest absolute Gasteiger partial charge is 0.140 e. The predicted molar refractivity (Wildman–Crippen MR) is 96.0 cm³/mol. The van der Waals surface area contributed by atoms with Crippen LogP contribution in [0, 0.1) is 0 Å². The number of nitrogens with one attached hydrogen (secondary N) is 2. The molecule has 0 aliphatic rings. The molecule has 0 saturated carbocycles. The van der Waals surface area contributed by atoms with E-state index in [1.54, 1.807) is 6.20 Å². The molecule has 0 amide bonds. The van der Waals surface area contributed by atoms with Crippen LogP contribution in [0.3, 0.4) is 0 Å². The van der Waals surface area contributed by atoms with Gasteiger partial charge in [0.1, 0.15) is 5.65 Å². The highest BCUT2D eigenvalue weighted by atomic mass is 79.9. The Hall–Kier alpha value is -2.04. The predicted octanol–water partition coefficient (Wildman–Crippen LogP) is 5.88. The third-order valence-corrected chi connectivity index (χ3v) is 4.32. The van der Waals surface area contributed by atoms with Gasteiger partial charge in [-0.1, -0.05) is 27.5 Å². The van der Waals surface area contributed by atoms with Crippen LogP contribution in [0.2, 0.25) is 5.02 Å². The van der Waals surface area contributed by atoms with E-state index >= 15 is 0 Å². The number of benzene rings is 2. The zero-order valence-corrected chi connectivity index (χ0v) is 13.7. The maximum Gasteiger partial charge on any atom is 0.140 e. The maximum atomic E-state index is 5.94. The van der Waals surface area contributed by atoms with Gasteiger partial charge < -0.3 is 10.3 Å². The first-order valence-electron chi connectivity index (χ1n) is 6.79. The molecule has 108 valence electrons. The molecule has 0 saturated heterocycles. The minimum Gasteiger partial charge on any atom is -0.355 e. The highest BCUT2D eigenvalue weighted by Gasteiger charge is 2.10. The van der Waals surface area contributed by atoms with E-state index in [0.717, 1.165) is 42.8 Å². The normalized spacial score (nSPS) is 11.2. The van der Waals surface area contributed by atoms with Crippen molar-refractivity contribution in [3.05, 3.63) is 64.2 Å². The molecule has 2 aromatic carbocycles. The van der Waals surface area contributed by atoms with Crippen LogP contribution < -0.4 is 5.32 Å². The summed E-state index contributed by atoms with van der Waals surface area (Å²) in [6.07, 6.45) is 1.80. The molecule has 3 nitrogen and oxygen atoms in total. The van der Waals surface area contributed by atoms with E-state index in [-0.39, 0.29) is 0 Å². The molecular formula is C17H11BrClN3. The van der Waals surface area contributed by atoms with Gasteiger partial charge in [0.15, 0.2) is 0 Å². The van der Waals surface area contributed by atoms with Crippen molar-refractivity contribution in [3.8, 4) is 0 Å². The standard InChI is InChI=1S/C17H11BrClN3/c18-10-1-6-14-13(9-10)16-15(7-8-20-17(16)22-14)21-12-4-2-11(19)3-5-12/h1-9H,(H2,20,21,22). The molecule has 0 fully saturated rings. The second-order valence-corrected chi connectivity index (χ2v) is 6.38.